The van der Waals surface area contributed by atoms with Gasteiger partial charge in [0.05, 0.1) is 0 Å². The highest BCUT2D eigenvalue weighted by atomic mass is 16.1. The van der Waals surface area contributed by atoms with Crippen molar-refractivity contribution >= 4 is 0 Å². The van der Waals surface area contributed by atoms with E-state index in [1.807, 2.05) is 6.07 Å². The second-order valence-electron chi connectivity index (χ2n) is 4.53. The van der Waals surface area contributed by atoms with Crippen molar-refractivity contribution in [1.29, 1.82) is 0 Å². The van der Waals surface area contributed by atoms with Crippen LogP contribution in [0.4, 0.5) is 0 Å². The Bertz CT molecular complexity index is 384. The number of aromatic nitrogens is 1. The molecule has 0 aliphatic heterocycles. The Morgan fingerprint density at radius 3 is 3.06 bits per heavy atom. The maximum atomic E-state index is 11.1. The number of pyridine rings is 1. The van der Waals surface area contributed by atoms with Crippen molar-refractivity contribution in [2.75, 3.05) is 6.54 Å². The molecule has 1 saturated carbocycles. The average Bonchev–Trinajstić information content (AvgIpc) is 3.07. The van der Waals surface area contributed by atoms with E-state index < -0.39 is 0 Å². The maximum Gasteiger partial charge on any atom is 0.248 e. The Hall–Kier alpha value is -1.13. The molecule has 4 nitrogen and oxygen atoms in total. The van der Waals surface area contributed by atoms with Crippen LogP contribution in [0.15, 0.2) is 23.1 Å². The van der Waals surface area contributed by atoms with E-state index in [9.17, 15) is 4.79 Å². The molecule has 1 fully saturated rings. The minimum absolute atomic E-state index is 0.0388. The summed E-state index contributed by atoms with van der Waals surface area (Å²) in [5, 5.41) is 6.87. The first-order valence-electron chi connectivity index (χ1n) is 5.88. The predicted octanol–water partition coefficient (Wildman–Crippen LogP) is 0.605. The van der Waals surface area contributed by atoms with E-state index in [2.05, 4.69) is 22.5 Å². The zero-order valence-electron chi connectivity index (χ0n) is 9.62. The molecule has 1 unspecified atom stereocenters. The minimum Gasteiger partial charge on any atom is -0.329 e. The SMILES string of the molecule is CC(CNC1CC1)NCc1cc[nH]c(=O)c1. The third-order valence-corrected chi connectivity index (χ3v) is 2.78. The Balaban J connectivity index is 1.71. The van der Waals surface area contributed by atoms with Gasteiger partial charge in [0.15, 0.2) is 0 Å². The van der Waals surface area contributed by atoms with Crippen LogP contribution in [0.5, 0.6) is 0 Å². The molecule has 4 heteroatoms. The highest BCUT2D eigenvalue weighted by Gasteiger charge is 2.20. The summed E-state index contributed by atoms with van der Waals surface area (Å²) in [7, 11) is 0. The molecule has 88 valence electrons. The lowest BCUT2D eigenvalue weighted by Crippen LogP contribution is -2.36. The van der Waals surface area contributed by atoms with Gasteiger partial charge in [-0.05, 0) is 31.4 Å². The van der Waals surface area contributed by atoms with Crippen LogP contribution < -0.4 is 16.2 Å². The summed E-state index contributed by atoms with van der Waals surface area (Å²) in [5.74, 6) is 0. The first kappa shape index (κ1) is 11.4. The van der Waals surface area contributed by atoms with Crippen molar-refractivity contribution in [3.05, 3.63) is 34.2 Å². The van der Waals surface area contributed by atoms with Crippen LogP contribution in [-0.2, 0) is 6.54 Å². The van der Waals surface area contributed by atoms with E-state index in [4.69, 9.17) is 0 Å². The molecule has 1 aromatic heterocycles. The van der Waals surface area contributed by atoms with Crippen LogP contribution in [0.25, 0.3) is 0 Å². The lowest BCUT2D eigenvalue weighted by atomic mass is 10.2. The van der Waals surface area contributed by atoms with E-state index in [0.717, 1.165) is 24.7 Å². The van der Waals surface area contributed by atoms with Crippen molar-refractivity contribution in [3.63, 3.8) is 0 Å². The summed E-state index contributed by atoms with van der Waals surface area (Å²) in [6, 6.07) is 4.74. The molecule has 0 saturated heterocycles. The Morgan fingerprint density at radius 2 is 2.38 bits per heavy atom. The van der Waals surface area contributed by atoms with E-state index in [0.29, 0.717) is 6.04 Å². The summed E-state index contributed by atoms with van der Waals surface area (Å²) < 4.78 is 0. The number of hydrogen-bond acceptors (Lipinski definition) is 3. The molecule has 0 amide bonds. The fraction of sp³-hybridized carbons (Fsp3) is 0.583. The first-order valence-corrected chi connectivity index (χ1v) is 5.88. The molecular weight excluding hydrogens is 202 g/mol. The largest absolute Gasteiger partial charge is 0.329 e. The van der Waals surface area contributed by atoms with Crippen LogP contribution in [0, 0.1) is 0 Å². The first-order chi connectivity index (χ1) is 7.74. The Labute approximate surface area is 95.5 Å². The van der Waals surface area contributed by atoms with Crippen molar-refractivity contribution in [2.45, 2.75) is 38.4 Å². The summed E-state index contributed by atoms with van der Waals surface area (Å²) in [4.78, 5) is 13.7. The third kappa shape index (κ3) is 3.79. The second kappa shape index (κ2) is 5.27. The fourth-order valence-electron chi connectivity index (χ4n) is 1.59. The summed E-state index contributed by atoms with van der Waals surface area (Å²) >= 11 is 0. The molecule has 1 aliphatic carbocycles. The highest BCUT2D eigenvalue weighted by molar-refractivity contribution is 5.09. The second-order valence-corrected chi connectivity index (χ2v) is 4.53. The molecule has 0 spiro atoms. The monoisotopic (exact) mass is 221 g/mol. The number of hydrogen-bond donors (Lipinski definition) is 3. The van der Waals surface area contributed by atoms with Crippen molar-refractivity contribution in [2.24, 2.45) is 0 Å². The van der Waals surface area contributed by atoms with Crippen molar-refractivity contribution in [1.82, 2.24) is 15.6 Å². The Morgan fingerprint density at radius 1 is 1.56 bits per heavy atom. The molecular formula is C12H19N3O. The zero-order valence-corrected chi connectivity index (χ0v) is 9.62. The molecule has 1 heterocycles. The molecule has 3 N–H and O–H groups in total. The van der Waals surface area contributed by atoms with Crippen LogP contribution in [0.1, 0.15) is 25.3 Å². The summed E-state index contributed by atoms with van der Waals surface area (Å²) in [6.45, 7) is 3.90. The van der Waals surface area contributed by atoms with Crippen LogP contribution in [-0.4, -0.2) is 23.6 Å². The van der Waals surface area contributed by atoms with E-state index in [1.165, 1.54) is 12.8 Å². The van der Waals surface area contributed by atoms with E-state index in [-0.39, 0.29) is 5.56 Å². The lowest BCUT2D eigenvalue weighted by Gasteiger charge is -2.14. The van der Waals surface area contributed by atoms with Gasteiger partial charge in [0.25, 0.3) is 0 Å². The third-order valence-electron chi connectivity index (χ3n) is 2.78. The quantitative estimate of drug-likeness (QED) is 0.659. The fourth-order valence-corrected chi connectivity index (χ4v) is 1.59. The summed E-state index contributed by atoms with van der Waals surface area (Å²) in [5.41, 5.74) is 0.991. The van der Waals surface area contributed by atoms with E-state index >= 15 is 0 Å². The van der Waals surface area contributed by atoms with E-state index in [1.54, 1.807) is 12.3 Å². The van der Waals surface area contributed by atoms with Gasteiger partial charge in [-0.15, -0.1) is 0 Å². The topological polar surface area (TPSA) is 56.9 Å². The highest BCUT2D eigenvalue weighted by Crippen LogP contribution is 2.18. The minimum atomic E-state index is -0.0388. The number of H-pyrrole nitrogens is 1. The number of nitrogens with one attached hydrogen (secondary N) is 3. The van der Waals surface area contributed by atoms with Gasteiger partial charge >= 0.3 is 0 Å². The molecule has 0 bridgehead atoms. The molecule has 0 radical (unpaired) electrons. The van der Waals surface area contributed by atoms with Gasteiger partial charge in [-0.2, -0.15) is 0 Å². The van der Waals surface area contributed by atoms with Gasteiger partial charge in [0.1, 0.15) is 0 Å². The number of aromatic amines is 1. The van der Waals surface area contributed by atoms with Gasteiger partial charge in [-0.25, -0.2) is 0 Å². The van der Waals surface area contributed by atoms with Crippen molar-refractivity contribution in [3.8, 4) is 0 Å². The van der Waals surface area contributed by atoms with Crippen LogP contribution >= 0.6 is 0 Å². The van der Waals surface area contributed by atoms with Gasteiger partial charge in [0.2, 0.25) is 5.56 Å². The standard InChI is InChI=1S/C12H19N3O/c1-9(7-15-11-2-3-11)14-8-10-4-5-13-12(16)6-10/h4-6,9,11,14-15H,2-3,7-8H2,1H3,(H,13,16). The van der Waals surface area contributed by atoms with Gasteiger partial charge < -0.3 is 15.6 Å². The molecule has 1 atom stereocenters. The maximum absolute atomic E-state index is 11.1. The van der Waals surface area contributed by atoms with Gasteiger partial charge in [-0.3, -0.25) is 4.79 Å². The predicted molar refractivity (Wildman–Crippen MR) is 64.4 cm³/mol. The van der Waals surface area contributed by atoms with Gasteiger partial charge in [-0.1, -0.05) is 0 Å². The smallest absolute Gasteiger partial charge is 0.248 e. The number of rotatable bonds is 6. The Kier molecular flexibility index (Phi) is 3.74. The molecule has 16 heavy (non-hydrogen) atoms. The summed E-state index contributed by atoms with van der Waals surface area (Å²) in [6.07, 6.45) is 4.33. The van der Waals surface area contributed by atoms with Crippen molar-refractivity contribution < 1.29 is 0 Å². The average molecular weight is 221 g/mol. The van der Waals surface area contributed by atoms with Crippen LogP contribution in [0.2, 0.25) is 0 Å². The van der Waals surface area contributed by atoms with Crippen LogP contribution in [0.3, 0.4) is 0 Å². The zero-order chi connectivity index (χ0) is 11.4. The molecule has 1 aromatic rings. The lowest BCUT2D eigenvalue weighted by molar-refractivity contribution is 0.500. The van der Waals surface area contributed by atoms with Gasteiger partial charge in [0, 0.05) is 37.4 Å². The molecule has 0 aromatic carbocycles. The normalized spacial score (nSPS) is 17.3. The molecule has 2 rings (SSSR count). The molecule has 1 aliphatic rings.